The molecule has 0 spiro atoms. The number of azo groups is 1. The first-order valence-corrected chi connectivity index (χ1v) is 5.89. The SMILES string of the molecule is COc1ccc(N=Nc2sc(=S)[nH]c2O)cc1. The Hall–Kier alpha value is -1.73. The number of aromatic hydroxyl groups is 1. The summed E-state index contributed by atoms with van der Waals surface area (Å²) in [7, 11) is 1.60. The van der Waals surface area contributed by atoms with Gasteiger partial charge < -0.3 is 14.8 Å². The number of methoxy groups -OCH3 is 1. The standard InChI is InChI=1S/C10H9N3O2S2/c1-15-7-4-2-6(3-5-7)12-13-9-8(14)11-10(16)17-9/h2-5,14H,1H3,(H,11,16). The van der Waals surface area contributed by atoms with Crippen molar-refractivity contribution in [1.82, 2.24) is 4.98 Å². The van der Waals surface area contributed by atoms with Crippen molar-refractivity contribution < 1.29 is 9.84 Å². The van der Waals surface area contributed by atoms with Gasteiger partial charge in [-0.3, -0.25) is 0 Å². The Morgan fingerprint density at radius 1 is 1.29 bits per heavy atom. The summed E-state index contributed by atoms with van der Waals surface area (Å²) in [6.45, 7) is 0. The number of nitrogens with one attached hydrogen (secondary N) is 1. The number of hydrogen-bond acceptors (Lipinski definition) is 6. The van der Waals surface area contributed by atoms with Gasteiger partial charge in [-0.2, -0.15) is 0 Å². The van der Waals surface area contributed by atoms with E-state index >= 15 is 0 Å². The molecule has 0 atom stereocenters. The van der Waals surface area contributed by atoms with E-state index in [0.717, 1.165) is 5.75 Å². The molecule has 0 fully saturated rings. The molecule has 0 amide bonds. The zero-order valence-electron chi connectivity index (χ0n) is 8.88. The van der Waals surface area contributed by atoms with Crippen LogP contribution in [0.25, 0.3) is 0 Å². The molecule has 17 heavy (non-hydrogen) atoms. The molecule has 0 radical (unpaired) electrons. The second kappa shape index (κ2) is 5.07. The van der Waals surface area contributed by atoms with Crippen LogP contribution >= 0.6 is 23.6 Å². The van der Waals surface area contributed by atoms with Crippen LogP contribution in [0.4, 0.5) is 10.7 Å². The average Bonchev–Trinajstić information content (AvgIpc) is 2.66. The Labute approximate surface area is 106 Å². The second-order valence-corrected chi connectivity index (χ2v) is 4.73. The van der Waals surface area contributed by atoms with Gasteiger partial charge in [0, 0.05) is 0 Å². The fourth-order valence-corrected chi connectivity index (χ4v) is 2.02. The summed E-state index contributed by atoms with van der Waals surface area (Å²) in [5.41, 5.74) is 0.671. The van der Waals surface area contributed by atoms with Gasteiger partial charge in [-0.15, -0.1) is 10.2 Å². The van der Waals surface area contributed by atoms with Gasteiger partial charge in [-0.05, 0) is 36.5 Å². The highest BCUT2D eigenvalue weighted by molar-refractivity contribution is 7.73. The Morgan fingerprint density at radius 2 is 2.00 bits per heavy atom. The van der Waals surface area contributed by atoms with E-state index in [0.29, 0.717) is 14.6 Å². The van der Waals surface area contributed by atoms with Crippen LogP contribution in [-0.4, -0.2) is 17.2 Å². The lowest BCUT2D eigenvalue weighted by atomic mass is 10.3. The third kappa shape index (κ3) is 2.89. The molecule has 7 heteroatoms. The molecule has 0 saturated carbocycles. The molecule has 88 valence electrons. The zero-order valence-corrected chi connectivity index (χ0v) is 10.5. The van der Waals surface area contributed by atoms with Gasteiger partial charge in [-0.25, -0.2) is 0 Å². The van der Waals surface area contributed by atoms with Crippen molar-refractivity contribution in [2.24, 2.45) is 10.2 Å². The van der Waals surface area contributed by atoms with E-state index in [1.165, 1.54) is 11.3 Å². The van der Waals surface area contributed by atoms with Crippen LogP contribution in [0.2, 0.25) is 0 Å². The third-order valence-corrected chi connectivity index (χ3v) is 3.05. The molecule has 0 aliphatic rings. The molecule has 0 bridgehead atoms. The predicted octanol–water partition coefficient (Wildman–Crippen LogP) is 3.94. The lowest BCUT2D eigenvalue weighted by Gasteiger charge is -1.97. The molecule has 2 N–H and O–H groups in total. The van der Waals surface area contributed by atoms with Crippen LogP contribution in [0.1, 0.15) is 0 Å². The molecule has 0 aliphatic heterocycles. The van der Waals surface area contributed by atoms with Crippen LogP contribution in [-0.2, 0) is 0 Å². The van der Waals surface area contributed by atoms with E-state index in [1.54, 1.807) is 31.4 Å². The van der Waals surface area contributed by atoms with Gasteiger partial charge in [0.2, 0.25) is 10.9 Å². The number of hydrogen-bond donors (Lipinski definition) is 2. The number of aromatic amines is 1. The van der Waals surface area contributed by atoms with Gasteiger partial charge in [0.1, 0.15) is 5.75 Å². The quantitative estimate of drug-likeness (QED) is 0.653. The number of H-pyrrole nitrogens is 1. The maximum absolute atomic E-state index is 9.41. The van der Waals surface area contributed by atoms with E-state index in [1.807, 2.05) is 0 Å². The van der Waals surface area contributed by atoms with E-state index in [-0.39, 0.29) is 5.88 Å². The van der Waals surface area contributed by atoms with Crippen molar-refractivity contribution in [3.63, 3.8) is 0 Å². The lowest BCUT2D eigenvalue weighted by molar-refractivity contribution is 0.415. The van der Waals surface area contributed by atoms with Crippen LogP contribution in [0.3, 0.4) is 0 Å². The molecule has 1 aromatic heterocycles. The van der Waals surface area contributed by atoms with Gasteiger partial charge in [0.05, 0.1) is 12.8 Å². The molecular formula is C10H9N3O2S2. The molecule has 0 unspecified atom stereocenters. The predicted molar refractivity (Wildman–Crippen MR) is 68.3 cm³/mol. The highest BCUT2D eigenvalue weighted by atomic mass is 32.1. The number of ether oxygens (including phenoxy) is 1. The Bertz CT molecular complexity index is 586. The van der Waals surface area contributed by atoms with Gasteiger partial charge in [-0.1, -0.05) is 11.3 Å². The summed E-state index contributed by atoms with van der Waals surface area (Å²) >= 11 is 6.03. The van der Waals surface area contributed by atoms with Crippen LogP contribution in [0.15, 0.2) is 34.5 Å². The Balaban J connectivity index is 2.19. The molecule has 0 saturated heterocycles. The average molecular weight is 267 g/mol. The van der Waals surface area contributed by atoms with Crippen molar-refractivity contribution in [1.29, 1.82) is 0 Å². The molecule has 1 aromatic carbocycles. The highest BCUT2D eigenvalue weighted by Gasteiger charge is 2.02. The minimum Gasteiger partial charge on any atom is -0.497 e. The Kier molecular flexibility index (Phi) is 3.50. The Morgan fingerprint density at radius 3 is 2.53 bits per heavy atom. The monoisotopic (exact) mass is 267 g/mol. The number of nitrogens with zero attached hydrogens (tertiary/aromatic N) is 2. The largest absolute Gasteiger partial charge is 0.497 e. The molecule has 1 heterocycles. The topological polar surface area (TPSA) is 70.0 Å². The third-order valence-electron chi connectivity index (χ3n) is 1.94. The fourth-order valence-electron chi connectivity index (χ4n) is 1.13. The second-order valence-electron chi connectivity index (χ2n) is 3.07. The first-order valence-electron chi connectivity index (χ1n) is 4.67. The van der Waals surface area contributed by atoms with Crippen molar-refractivity contribution in [2.75, 3.05) is 7.11 Å². The van der Waals surface area contributed by atoms with E-state index < -0.39 is 0 Å². The number of thiazole rings is 1. The van der Waals surface area contributed by atoms with Crippen molar-refractivity contribution in [2.45, 2.75) is 0 Å². The zero-order chi connectivity index (χ0) is 12.3. The molecule has 5 nitrogen and oxygen atoms in total. The van der Waals surface area contributed by atoms with Crippen molar-refractivity contribution in [3.05, 3.63) is 28.2 Å². The van der Waals surface area contributed by atoms with E-state index in [4.69, 9.17) is 17.0 Å². The summed E-state index contributed by atoms with van der Waals surface area (Å²) in [5.74, 6) is 0.696. The van der Waals surface area contributed by atoms with Crippen LogP contribution < -0.4 is 4.74 Å². The highest BCUT2D eigenvalue weighted by Crippen LogP contribution is 2.32. The maximum Gasteiger partial charge on any atom is 0.229 e. The minimum absolute atomic E-state index is 0.0581. The number of rotatable bonds is 3. The molecule has 0 aliphatic carbocycles. The van der Waals surface area contributed by atoms with Crippen molar-refractivity contribution >= 4 is 34.2 Å². The molecule has 2 aromatic rings. The smallest absolute Gasteiger partial charge is 0.229 e. The normalized spacial score (nSPS) is 10.9. The van der Waals surface area contributed by atoms with Crippen LogP contribution in [0.5, 0.6) is 11.6 Å². The van der Waals surface area contributed by atoms with Crippen molar-refractivity contribution in [3.8, 4) is 11.6 Å². The van der Waals surface area contributed by atoms with Gasteiger partial charge in [0.15, 0.2) is 3.95 Å². The number of benzene rings is 1. The summed E-state index contributed by atoms with van der Waals surface area (Å²) in [6, 6.07) is 7.11. The summed E-state index contributed by atoms with van der Waals surface area (Å²) < 4.78 is 5.49. The summed E-state index contributed by atoms with van der Waals surface area (Å²) in [5, 5.41) is 17.7. The fraction of sp³-hybridized carbons (Fsp3) is 0.100. The summed E-state index contributed by atoms with van der Waals surface area (Å²) in [4.78, 5) is 2.58. The molecular weight excluding hydrogens is 258 g/mol. The van der Waals surface area contributed by atoms with Crippen LogP contribution in [0, 0.1) is 3.95 Å². The first kappa shape index (κ1) is 11.7. The van der Waals surface area contributed by atoms with E-state index in [2.05, 4.69) is 15.2 Å². The number of aromatic nitrogens is 1. The van der Waals surface area contributed by atoms with E-state index in [9.17, 15) is 5.11 Å². The maximum atomic E-state index is 9.41. The minimum atomic E-state index is -0.0581. The lowest BCUT2D eigenvalue weighted by Crippen LogP contribution is -1.79. The van der Waals surface area contributed by atoms with Gasteiger partial charge >= 0.3 is 0 Å². The van der Waals surface area contributed by atoms with Gasteiger partial charge in [0.25, 0.3) is 0 Å². The summed E-state index contributed by atoms with van der Waals surface area (Å²) in [6.07, 6.45) is 0. The first-order chi connectivity index (χ1) is 8.19. The molecule has 2 rings (SSSR count).